The summed E-state index contributed by atoms with van der Waals surface area (Å²) in [5.74, 6) is 0.119. The molecule has 5 heteroatoms. The van der Waals surface area contributed by atoms with Gasteiger partial charge >= 0.3 is 0 Å². The fourth-order valence-electron chi connectivity index (χ4n) is 2.81. The van der Waals surface area contributed by atoms with Gasteiger partial charge in [-0.05, 0) is 39.9 Å². The largest absolute Gasteiger partial charge is 0.383 e. The Hall–Kier alpha value is -0.650. The van der Waals surface area contributed by atoms with Gasteiger partial charge in [-0.3, -0.25) is 4.79 Å². The smallest absolute Gasteiger partial charge is 0.242 e. The number of carbonyl (C=O) groups excluding carboxylic acids is 1. The molecule has 0 spiro atoms. The van der Waals surface area contributed by atoms with Crippen LogP contribution in [0.1, 0.15) is 38.5 Å². The summed E-state index contributed by atoms with van der Waals surface area (Å²) in [5.41, 5.74) is 5.73. The van der Waals surface area contributed by atoms with Crippen molar-refractivity contribution in [1.82, 2.24) is 9.80 Å². The molecule has 118 valence electrons. The van der Waals surface area contributed by atoms with Crippen molar-refractivity contribution in [2.75, 3.05) is 47.4 Å². The molecule has 0 heterocycles. The first-order valence-corrected chi connectivity index (χ1v) is 7.71. The molecule has 0 radical (unpaired) electrons. The second-order valence-electron chi connectivity index (χ2n) is 6.16. The number of hydrogen-bond donors (Lipinski definition) is 1. The minimum atomic E-state index is -0.635. The van der Waals surface area contributed by atoms with Gasteiger partial charge < -0.3 is 20.3 Å². The number of carbonyl (C=O) groups is 1. The number of methoxy groups -OCH3 is 1. The molecule has 1 rings (SSSR count). The number of ether oxygens (including phenoxy) is 1. The zero-order chi connectivity index (χ0) is 15.0. The van der Waals surface area contributed by atoms with E-state index in [-0.39, 0.29) is 5.91 Å². The van der Waals surface area contributed by atoms with E-state index in [1.165, 1.54) is 6.42 Å². The summed E-state index contributed by atoms with van der Waals surface area (Å²) in [4.78, 5) is 16.8. The molecule has 0 aliphatic heterocycles. The molecule has 0 bridgehead atoms. The molecule has 1 amide bonds. The molecule has 0 aromatic rings. The highest BCUT2D eigenvalue weighted by Crippen LogP contribution is 2.27. The summed E-state index contributed by atoms with van der Waals surface area (Å²) in [7, 11) is 5.76. The average molecular weight is 285 g/mol. The molecule has 0 aromatic heterocycles. The van der Waals surface area contributed by atoms with Crippen LogP contribution in [0.2, 0.25) is 0 Å². The topological polar surface area (TPSA) is 58.8 Å². The lowest BCUT2D eigenvalue weighted by molar-refractivity contribution is -0.139. The molecule has 1 aliphatic rings. The summed E-state index contributed by atoms with van der Waals surface area (Å²) in [6.45, 7) is 2.96. The minimum Gasteiger partial charge on any atom is -0.383 e. The Morgan fingerprint density at radius 1 is 1.15 bits per heavy atom. The Kier molecular flexibility index (Phi) is 7.48. The zero-order valence-electron chi connectivity index (χ0n) is 13.4. The molecule has 1 saturated carbocycles. The summed E-state index contributed by atoms with van der Waals surface area (Å²) in [6, 6.07) is 0. The molecule has 0 unspecified atom stereocenters. The van der Waals surface area contributed by atoms with Crippen molar-refractivity contribution in [3.8, 4) is 0 Å². The standard InChI is InChI=1S/C15H31N3O2/c1-17(2)10-7-11-18(12-13-20-3)14(19)15(16)8-5-4-6-9-15/h4-13,16H2,1-3H3. The summed E-state index contributed by atoms with van der Waals surface area (Å²) >= 11 is 0. The van der Waals surface area contributed by atoms with Crippen molar-refractivity contribution in [3.63, 3.8) is 0 Å². The van der Waals surface area contributed by atoms with Gasteiger partial charge in [0.25, 0.3) is 0 Å². The molecule has 1 fully saturated rings. The van der Waals surface area contributed by atoms with E-state index in [4.69, 9.17) is 10.5 Å². The molecular formula is C15H31N3O2. The second kappa shape index (κ2) is 8.60. The molecular weight excluding hydrogens is 254 g/mol. The van der Waals surface area contributed by atoms with Crippen molar-refractivity contribution in [2.45, 2.75) is 44.1 Å². The van der Waals surface area contributed by atoms with Gasteiger partial charge in [0, 0.05) is 20.2 Å². The van der Waals surface area contributed by atoms with Crippen LogP contribution in [0.3, 0.4) is 0 Å². The number of nitrogens with two attached hydrogens (primary N) is 1. The van der Waals surface area contributed by atoms with Crippen molar-refractivity contribution in [3.05, 3.63) is 0 Å². The van der Waals surface area contributed by atoms with Crippen molar-refractivity contribution in [2.24, 2.45) is 5.73 Å². The third kappa shape index (κ3) is 5.38. The van der Waals surface area contributed by atoms with Crippen LogP contribution < -0.4 is 5.73 Å². The molecule has 0 aromatic carbocycles. The average Bonchev–Trinajstić information content (AvgIpc) is 2.42. The van der Waals surface area contributed by atoms with Gasteiger partial charge in [0.15, 0.2) is 0 Å². The predicted molar refractivity (Wildman–Crippen MR) is 81.6 cm³/mol. The van der Waals surface area contributed by atoms with E-state index in [9.17, 15) is 4.79 Å². The van der Waals surface area contributed by atoms with E-state index in [2.05, 4.69) is 4.90 Å². The quantitative estimate of drug-likeness (QED) is 0.725. The van der Waals surface area contributed by atoms with Gasteiger partial charge in [0.05, 0.1) is 12.1 Å². The van der Waals surface area contributed by atoms with E-state index in [1.54, 1.807) is 7.11 Å². The van der Waals surface area contributed by atoms with E-state index in [1.807, 2.05) is 19.0 Å². The van der Waals surface area contributed by atoms with Crippen LogP contribution in [-0.2, 0) is 9.53 Å². The highest BCUT2D eigenvalue weighted by Gasteiger charge is 2.38. The van der Waals surface area contributed by atoms with Crippen molar-refractivity contribution < 1.29 is 9.53 Å². The lowest BCUT2D eigenvalue weighted by Crippen LogP contribution is -2.57. The van der Waals surface area contributed by atoms with Gasteiger partial charge in [-0.15, -0.1) is 0 Å². The Morgan fingerprint density at radius 2 is 1.80 bits per heavy atom. The maximum absolute atomic E-state index is 12.7. The first-order valence-electron chi connectivity index (χ1n) is 7.71. The van der Waals surface area contributed by atoms with Crippen LogP contribution in [0.15, 0.2) is 0 Å². The second-order valence-corrected chi connectivity index (χ2v) is 6.16. The summed E-state index contributed by atoms with van der Waals surface area (Å²) in [6.07, 6.45) is 5.95. The number of nitrogens with zero attached hydrogens (tertiary/aromatic N) is 2. The zero-order valence-corrected chi connectivity index (χ0v) is 13.4. The predicted octanol–water partition coefficient (Wildman–Crippen LogP) is 1.07. The number of amides is 1. The van der Waals surface area contributed by atoms with Crippen LogP contribution in [0, 0.1) is 0 Å². The molecule has 0 saturated heterocycles. The maximum atomic E-state index is 12.7. The van der Waals surface area contributed by atoms with E-state index in [0.29, 0.717) is 13.2 Å². The lowest BCUT2D eigenvalue weighted by atomic mass is 9.81. The van der Waals surface area contributed by atoms with Crippen molar-refractivity contribution >= 4 is 5.91 Å². The van der Waals surface area contributed by atoms with Crippen LogP contribution in [0.25, 0.3) is 0 Å². The summed E-state index contributed by atoms with van der Waals surface area (Å²) < 4.78 is 5.13. The molecule has 5 nitrogen and oxygen atoms in total. The monoisotopic (exact) mass is 285 g/mol. The normalized spacial score (nSPS) is 18.2. The van der Waals surface area contributed by atoms with Gasteiger partial charge in [0.1, 0.15) is 0 Å². The van der Waals surface area contributed by atoms with Gasteiger partial charge in [-0.25, -0.2) is 0 Å². The molecule has 2 N–H and O–H groups in total. The summed E-state index contributed by atoms with van der Waals surface area (Å²) in [5, 5.41) is 0. The third-order valence-electron chi connectivity index (χ3n) is 4.06. The van der Waals surface area contributed by atoms with Crippen molar-refractivity contribution in [1.29, 1.82) is 0 Å². The lowest BCUT2D eigenvalue weighted by Gasteiger charge is -2.37. The van der Waals surface area contributed by atoms with Gasteiger partial charge in [-0.2, -0.15) is 0 Å². The Morgan fingerprint density at radius 3 is 2.35 bits per heavy atom. The van der Waals surface area contributed by atoms with E-state index >= 15 is 0 Å². The number of rotatable bonds is 8. The van der Waals surface area contributed by atoms with Crippen LogP contribution >= 0.6 is 0 Å². The molecule has 0 atom stereocenters. The van der Waals surface area contributed by atoms with Gasteiger partial charge in [-0.1, -0.05) is 19.3 Å². The first kappa shape index (κ1) is 17.4. The van der Waals surface area contributed by atoms with Gasteiger partial charge in [0.2, 0.25) is 5.91 Å². The fourth-order valence-corrected chi connectivity index (χ4v) is 2.81. The molecule has 20 heavy (non-hydrogen) atoms. The van der Waals surface area contributed by atoms with Crippen LogP contribution in [-0.4, -0.2) is 68.7 Å². The SMILES string of the molecule is COCCN(CCCN(C)C)C(=O)C1(N)CCCCC1. The third-order valence-corrected chi connectivity index (χ3v) is 4.06. The van der Waals surface area contributed by atoms with Crippen LogP contribution in [0.4, 0.5) is 0 Å². The maximum Gasteiger partial charge on any atom is 0.242 e. The highest BCUT2D eigenvalue weighted by atomic mass is 16.5. The minimum absolute atomic E-state index is 0.119. The fraction of sp³-hybridized carbons (Fsp3) is 0.933. The highest BCUT2D eigenvalue weighted by molar-refractivity contribution is 5.86. The Bertz CT molecular complexity index is 289. The van der Waals surface area contributed by atoms with E-state index < -0.39 is 5.54 Å². The molecule has 1 aliphatic carbocycles. The first-order chi connectivity index (χ1) is 9.49. The van der Waals surface area contributed by atoms with E-state index in [0.717, 1.165) is 45.2 Å². The Balaban J connectivity index is 2.57. The number of hydrogen-bond acceptors (Lipinski definition) is 4. The Labute approximate surface area is 123 Å². The van der Waals surface area contributed by atoms with Crippen LogP contribution in [0.5, 0.6) is 0 Å².